The highest BCUT2D eigenvalue weighted by Crippen LogP contribution is 2.31. The zero-order valence-electron chi connectivity index (χ0n) is 13.2. The molecule has 0 spiro atoms. The highest BCUT2D eigenvalue weighted by atomic mass is 19.1. The smallest absolute Gasteiger partial charge is 0.214 e. The van der Waals surface area contributed by atoms with Crippen molar-refractivity contribution in [2.24, 2.45) is 0 Å². The van der Waals surface area contributed by atoms with Crippen molar-refractivity contribution in [3.8, 4) is 11.5 Å². The first-order valence-electron chi connectivity index (χ1n) is 7.16. The third-order valence-corrected chi connectivity index (χ3v) is 3.66. The molecule has 0 unspecified atom stereocenters. The number of aromatic nitrogens is 1. The monoisotopic (exact) mass is 326 g/mol. The van der Waals surface area contributed by atoms with Crippen LogP contribution < -0.4 is 15.2 Å². The molecular formula is C18H15FN2O3. The molecule has 3 aromatic rings. The van der Waals surface area contributed by atoms with E-state index in [1.807, 2.05) is 0 Å². The number of hydrogen-bond donors (Lipinski definition) is 1. The van der Waals surface area contributed by atoms with Gasteiger partial charge in [0.1, 0.15) is 11.5 Å². The number of halogens is 1. The van der Waals surface area contributed by atoms with Gasteiger partial charge in [0.15, 0.2) is 11.5 Å². The molecule has 0 bridgehead atoms. The first-order chi connectivity index (χ1) is 11.5. The Morgan fingerprint density at radius 1 is 1.04 bits per heavy atom. The molecule has 1 aromatic heterocycles. The molecule has 24 heavy (non-hydrogen) atoms. The van der Waals surface area contributed by atoms with Gasteiger partial charge in [-0.25, -0.2) is 9.37 Å². The molecule has 2 N–H and O–H groups in total. The number of fused-ring (bicyclic) bond motifs is 1. The van der Waals surface area contributed by atoms with Gasteiger partial charge in [-0.05, 0) is 30.3 Å². The van der Waals surface area contributed by atoms with E-state index < -0.39 is 11.6 Å². The molecule has 6 heteroatoms. The van der Waals surface area contributed by atoms with Crippen molar-refractivity contribution < 1.29 is 18.7 Å². The summed E-state index contributed by atoms with van der Waals surface area (Å²) in [6, 6.07) is 10.7. The van der Waals surface area contributed by atoms with E-state index >= 15 is 0 Å². The van der Waals surface area contributed by atoms with E-state index in [0.29, 0.717) is 17.0 Å². The Bertz CT molecular complexity index is 941. The summed E-state index contributed by atoms with van der Waals surface area (Å²) in [7, 11) is 3.06. The first-order valence-corrected chi connectivity index (χ1v) is 7.16. The number of pyridine rings is 1. The molecule has 0 fully saturated rings. The maximum Gasteiger partial charge on any atom is 0.214 e. The van der Waals surface area contributed by atoms with Crippen molar-refractivity contribution in [2.75, 3.05) is 20.0 Å². The van der Waals surface area contributed by atoms with Crippen molar-refractivity contribution in [2.45, 2.75) is 0 Å². The summed E-state index contributed by atoms with van der Waals surface area (Å²) >= 11 is 0. The van der Waals surface area contributed by atoms with E-state index in [4.69, 9.17) is 15.2 Å². The molecule has 0 saturated heterocycles. The molecule has 0 saturated carbocycles. The SMILES string of the molecule is COc1cc2ccc(C(=O)c3ccc(N)cc3F)nc2cc1OC. The second-order valence-corrected chi connectivity index (χ2v) is 5.16. The summed E-state index contributed by atoms with van der Waals surface area (Å²) in [6.07, 6.45) is 0. The summed E-state index contributed by atoms with van der Waals surface area (Å²) in [5.41, 5.74) is 6.38. The molecule has 0 aliphatic heterocycles. The van der Waals surface area contributed by atoms with E-state index in [-0.39, 0.29) is 16.9 Å². The fourth-order valence-corrected chi connectivity index (χ4v) is 2.43. The number of ether oxygens (including phenoxy) is 2. The highest BCUT2D eigenvalue weighted by Gasteiger charge is 2.16. The van der Waals surface area contributed by atoms with Crippen LogP contribution >= 0.6 is 0 Å². The second kappa shape index (κ2) is 6.16. The molecule has 0 aliphatic rings. The molecule has 3 rings (SSSR count). The second-order valence-electron chi connectivity index (χ2n) is 5.16. The number of rotatable bonds is 4. The van der Waals surface area contributed by atoms with Crippen molar-refractivity contribution in [1.29, 1.82) is 0 Å². The number of hydrogen-bond acceptors (Lipinski definition) is 5. The van der Waals surface area contributed by atoms with E-state index in [9.17, 15) is 9.18 Å². The van der Waals surface area contributed by atoms with Crippen LogP contribution in [0.3, 0.4) is 0 Å². The Labute approximate surface area is 137 Å². The van der Waals surface area contributed by atoms with Crippen molar-refractivity contribution in [3.63, 3.8) is 0 Å². The van der Waals surface area contributed by atoms with Gasteiger partial charge in [-0.3, -0.25) is 4.79 Å². The normalized spacial score (nSPS) is 10.6. The van der Waals surface area contributed by atoms with Gasteiger partial charge in [-0.15, -0.1) is 0 Å². The predicted molar refractivity (Wildman–Crippen MR) is 89.1 cm³/mol. The Morgan fingerprint density at radius 2 is 1.75 bits per heavy atom. The molecular weight excluding hydrogens is 311 g/mol. The Balaban J connectivity index is 2.08. The van der Waals surface area contributed by atoms with Crippen molar-refractivity contribution in [1.82, 2.24) is 4.98 Å². The third-order valence-electron chi connectivity index (χ3n) is 3.66. The minimum Gasteiger partial charge on any atom is -0.493 e. The van der Waals surface area contributed by atoms with Crippen LogP contribution in [0.25, 0.3) is 10.9 Å². The highest BCUT2D eigenvalue weighted by molar-refractivity contribution is 6.09. The zero-order chi connectivity index (χ0) is 17.3. The molecule has 5 nitrogen and oxygen atoms in total. The lowest BCUT2D eigenvalue weighted by Gasteiger charge is -2.09. The number of nitrogen functional groups attached to an aromatic ring is 1. The van der Waals surface area contributed by atoms with Crippen LogP contribution in [-0.4, -0.2) is 25.0 Å². The van der Waals surface area contributed by atoms with Gasteiger partial charge < -0.3 is 15.2 Å². The average Bonchev–Trinajstić information content (AvgIpc) is 2.59. The van der Waals surface area contributed by atoms with Crippen LogP contribution in [0.4, 0.5) is 10.1 Å². The van der Waals surface area contributed by atoms with Gasteiger partial charge in [-0.2, -0.15) is 0 Å². The van der Waals surface area contributed by atoms with Crippen molar-refractivity contribution >= 4 is 22.4 Å². The molecule has 2 aromatic carbocycles. The number of carbonyl (C=O) groups is 1. The summed E-state index contributed by atoms with van der Waals surface area (Å²) in [6.45, 7) is 0. The number of nitrogens with zero attached hydrogens (tertiary/aromatic N) is 1. The number of ketones is 1. The van der Waals surface area contributed by atoms with E-state index in [0.717, 1.165) is 11.5 Å². The largest absolute Gasteiger partial charge is 0.493 e. The van der Waals surface area contributed by atoms with E-state index in [1.54, 1.807) is 31.4 Å². The van der Waals surface area contributed by atoms with Gasteiger partial charge in [0.05, 0.1) is 25.3 Å². The van der Waals surface area contributed by atoms with Crippen molar-refractivity contribution in [3.05, 3.63) is 59.5 Å². The molecule has 0 aliphatic carbocycles. The van der Waals surface area contributed by atoms with Crippen LogP contribution in [0.5, 0.6) is 11.5 Å². The summed E-state index contributed by atoms with van der Waals surface area (Å²) < 4.78 is 24.4. The minimum atomic E-state index is -0.672. The number of benzene rings is 2. The van der Waals surface area contributed by atoms with Crippen LogP contribution in [0.15, 0.2) is 42.5 Å². The average molecular weight is 326 g/mol. The number of anilines is 1. The number of methoxy groups -OCH3 is 2. The van der Waals surface area contributed by atoms with E-state index in [2.05, 4.69) is 4.98 Å². The topological polar surface area (TPSA) is 74.4 Å². The lowest BCUT2D eigenvalue weighted by Crippen LogP contribution is -2.07. The summed E-state index contributed by atoms with van der Waals surface area (Å²) in [5.74, 6) is -0.116. The fourth-order valence-electron chi connectivity index (χ4n) is 2.43. The molecule has 122 valence electrons. The zero-order valence-corrected chi connectivity index (χ0v) is 13.2. The Hall–Kier alpha value is -3.15. The minimum absolute atomic E-state index is 0.0727. The summed E-state index contributed by atoms with van der Waals surface area (Å²) in [4.78, 5) is 16.8. The van der Waals surface area contributed by atoms with Gasteiger partial charge in [0.25, 0.3) is 0 Å². The van der Waals surface area contributed by atoms with Gasteiger partial charge in [-0.1, -0.05) is 6.07 Å². The number of carbonyl (C=O) groups excluding carboxylic acids is 1. The number of nitrogens with two attached hydrogens (primary N) is 1. The Morgan fingerprint density at radius 3 is 2.42 bits per heavy atom. The molecule has 1 heterocycles. The predicted octanol–water partition coefficient (Wildman–Crippen LogP) is 3.20. The third kappa shape index (κ3) is 2.74. The van der Waals surface area contributed by atoms with Crippen LogP contribution in [0, 0.1) is 5.82 Å². The quantitative estimate of drug-likeness (QED) is 0.588. The van der Waals surface area contributed by atoms with E-state index in [1.165, 1.54) is 19.2 Å². The van der Waals surface area contributed by atoms with Gasteiger partial charge in [0, 0.05) is 17.1 Å². The molecule has 0 atom stereocenters. The lowest BCUT2D eigenvalue weighted by molar-refractivity contribution is 0.103. The first kappa shape index (κ1) is 15.7. The maximum atomic E-state index is 14.0. The summed E-state index contributed by atoms with van der Waals surface area (Å²) in [5, 5.41) is 0.780. The maximum absolute atomic E-state index is 14.0. The Kier molecular flexibility index (Phi) is 4.04. The van der Waals surface area contributed by atoms with Crippen LogP contribution in [0.2, 0.25) is 0 Å². The van der Waals surface area contributed by atoms with Crippen LogP contribution in [0.1, 0.15) is 16.1 Å². The van der Waals surface area contributed by atoms with Gasteiger partial charge >= 0.3 is 0 Å². The fraction of sp³-hybridized carbons (Fsp3) is 0.111. The van der Waals surface area contributed by atoms with Gasteiger partial charge in [0.2, 0.25) is 5.78 Å². The lowest BCUT2D eigenvalue weighted by atomic mass is 10.1. The standard InChI is InChI=1S/C18H15FN2O3/c1-23-16-7-10-3-6-14(21-15(10)9-17(16)24-2)18(22)12-5-4-11(20)8-13(12)19/h3-9H,20H2,1-2H3. The molecule has 0 radical (unpaired) electrons. The van der Waals surface area contributed by atoms with Crippen LogP contribution in [-0.2, 0) is 0 Å². The molecule has 0 amide bonds.